The zero-order valence-electron chi connectivity index (χ0n) is 13.0. The Hall–Kier alpha value is -2.00. The van der Waals surface area contributed by atoms with E-state index in [2.05, 4.69) is 11.1 Å². The molecule has 0 N–H and O–H groups in total. The lowest BCUT2D eigenvalue weighted by Crippen LogP contribution is -2.25. The summed E-state index contributed by atoms with van der Waals surface area (Å²) < 4.78 is 7.29. The highest BCUT2D eigenvalue weighted by atomic mass is 32.2. The summed E-state index contributed by atoms with van der Waals surface area (Å²) in [6.45, 7) is 6.10. The maximum atomic E-state index is 11.8. The van der Waals surface area contributed by atoms with Crippen molar-refractivity contribution in [1.82, 2.24) is 9.55 Å². The third kappa shape index (κ3) is 4.25. The van der Waals surface area contributed by atoms with E-state index in [-0.39, 0.29) is 11.7 Å². The summed E-state index contributed by atoms with van der Waals surface area (Å²) in [6.07, 6.45) is 0.403. The van der Waals surface area contributed by atoms with E-state index in [1.54, 1.807) is 0 Å². The summed E-state index contributed by atoms with van der Waals surface area (Å²) in [6, 6.07) is 9.90. The highest BCUT2D eigenvalue weighted by molar-refractivity contribution is 7.99. The van der Waals surface area contributed by atoms with E-state index in [0.29, 0.717) is 13.0 Å². The van der Waals surface area contributed by atoms with Crippen molar-refractivity contribution >= 4 is 28.8 Å². The van der Waals surface area contributed by atoms with Crippen LogP contribution in [0.4, 0.5) is 0 Å². The summed E-state index contributed by atoms with van der Waals surface area (Å²) in [7, 11) is 0. The summed E-state index contributed by atoms with van der Waals surface area (Å²) in [5.41, 5.74) is 1.36. The number of fused-ring (bicyclic) bond motifs is 1. The molecule has 0 aliphatic rings. The van der Waals surface area contributed by atoms with Gasteiger partial charge in [-0.2, -0.15) is 5.26 Å². The monoisotopic (exact) mass is 317 g/mol. The average Bonchev–Trinajstić information content (AvgIpc) is 2.79. The number of hydrogen-bond acceptors (Lipinski definition) is 5. The first-order valence-corrected chi connectivity index (χ1v) is 8.06. The number of para-hydroxylation sites is 2. The average molecular weight is 317 g/mol. The molecule has 5 nitrogen and oxygen atoms in total. The molecule has 0 spiro atoms. The van der Waals surface area contributed by atoms with Gasteiger partial charge in [-0.05, 0) is 32.9 Å². The van der Waals surface area contributed by atoms with Crippen molar-refractivity contribution in [3.63, 3.8) is 0 Å². The Bertz CT molecular complexity index is 710. The lowest BCUT2D eigenvalue weighted by molar-refractivity contribution is -0.151. The molecule has 0 fully saturated rings. The molecular weight excluding hydrogens is 298 g/mol. The van der Waals surface area contributed by atoms with E-state index in [0.717, 1.165) is 16.2 Å². The first kappa shape index (κ1) is 16.4. The fourth-order valence-corrected chi connectivity index (χ4v) is 2.85. The maximum absolute atomic E-state index is 11.8. The van der Waals surface area contributed by atoms with E-state index in [9.17, 15) is 4.79 Å². The van der Waals surface area contributed by atoms with E-state index in [1.165, 1.54) is 11.8 Å². The van der Waals surface area contributed by atoms with Crippen LogP contribution in [0.3, 0.4) is 0 Å². The molecule has 0 radical (unpaired) electrons. The minimum Gasteiger partial charge on any atom is -0.459 e. The molecule has 2 aromatic rings. The van der Waals surface area contributed by atoms with Crippen molar-refractivity contribution < 1.29 is 9.53 Å². The molecule has 0 unspecified atom stereocenters. The Balaban J connectivity index is 2.16. The van der Waals surface area contributed by atoms with E-state index >= 15 is 0 Å². The first-order chi connectivity index (χ1) is 10.4. The van der Waals surface area contributed by atoms with Crippen LogP contribution in [0.15, 0.2) is 29.4 Å². The Morgan fingerprint density at radius 3 is 2.82 bits per heavy atom. The predicted molar refractivity (Wildman–Crippen MR) is 86.5 cm³/mol. The molecule has 0 atom stereocenters. The molecule has 1 heterocycles. The molecule has 2 rings (SSSR count). The number of hydrogen-bond donors (Lipinski definition) is 0. The lowest BCUT2D eigenvalue weighted by Gasteiger charge is -2.19. The van der Waals surface area contributed by atoms with Crippen molar-refractivity contribution in [2.75, 3.05) is 5.75 Å². The number of thioether (sulfide) groups is 1. The maximum Gasteiger partial charge on any atom is 0.316 e. The van der Waals surface area contributed by atoms with Crippen molar-refractivity contribution in [3.8, 4) is 6.07 Å². The first-order valence-electron chi connectivity index (χ1n) is 7.07. The number of nitriles is 1. The van der Waals surface area contributed by atoms with Gasteiger partial charge in [0.1, 0.15) is 5.60 Å². The van der Waals surface area contributed by atoms with Gasteiger partial charge < -0.3 is 9.30 Å². The fourth-order valence-electron chi connectivity index (χ4n) is 2.04. The van der Waals surface area contributed by atoms with Crippen LogP contribution in [0.2, 0.25) is 0 Å². The van der Waals surface area contributed by atoms with Crippen LogP contribution in [0.25, 0.3) is 11.0 Å². The molecule has 22 heavy (non-hydrogen) atoms. The number of aryl methyl sites for hydroxylation is 1. The second kappa shape index (κ2) is 6.84. The van der Waals surface area contributed by atoms with Crippen molar-refractivity contribution in [2.45, 2.75) is 44.5 Å². The number of imidazole rings is 1. The van der Waals surface area contributed by atoms with Crippen LogP contribution in [0, 0.1) is 11.3 Å². The molecule has 0 amide bonds. The number of esters is 1. The SMILES string of the molecule is CC(C)(C)OC(=O)CSc1nc2ccccc2n1CCC#N. The number of aromatic nitrogens is 2. The van der Waals surface area contributed by atoms with Gasteiger partial charge >= 0.3 is 5.97 Å². The molecule has 1 aromatic heterocycles. The van der Waals surface area contributed by atoms with Gasteiger partial charge in [0, 0.05) is 6.54 Å². The largest absolute Gasteiger partial charge is 0.459 e. The van der Waals surface area contributed by atoms with Gasteiger partial charge in [-0.15, -0.1) is 0 Å². The number of nitrogens with zero attached hydrogens (tertiary/aromatic N) is 3. The molecule has 116 valence electrons. The molecular formula is C16H19N3O2S. The third-order valence-corrected chi connectivity index (χ3v) is 3.76. The van der Waals surface area contributed by atoms with Gasteiger partial charge in [-0.1, -0.05) is 23.9 Å². The normalized spacial score (nSPS) is 11.4. The molecule has 0 aliphatic carbocycles. The fraction of sp³-hybridized carbons (Fsp3) is 0.438. The molecule has 0 aliphatic heterocycles. The Morgan fingerprint density at radius 2 is 2.14 bits per heavy atom. The van der Waals surface area contributed by atoms with Gasteiger partial charge in [0.05, 0.1) is 29.3 Å². The Morgan fingerprint density at radius 1 is 1.41 bits per heavy atom. The van der Waals surface area contributed by atoms with Crippen molar-refractivity contribution in [1.29, 1.82) is 5.26 Å². The van der Waals surface area contributed by atoms with Crippen LogP contribution in [-0.4, -0.2) is 26.9 Å². The smallest absolute Gasteiger partial charge is 0.316 e. The minimum absolute atomic E-state index is 0.202. The molecule has 0 bridgehead atoms. The van der Waals surface area contributed by atoms with E-state index in [4.69, 9.17) is 10.00 Å². The zero-order valence-corrected chi connectivity index (χ0v) is 13.8. The van der Waals surface area contributed by atoms with Gasteiger partial charge in [-0.3, -0.25) is 4.79 Å². The van der Waals surface area contributed by atoms with Gasteiger partial charge in [0.15, 0.2) is 5.16 Å². The van der Waals surface area contributed by atoms with Crippen LogP contribution in [0.1, 0.15) is 27.2 Å². The lowest BCUT2D eigenvalue weighted by atomic mass is 10.2. The number of carbonyl (C=O) groups excluding carboxylic acids is 1. The molecule has 6 heteroatoms. The predicted octanol–water partition coefficient (Wildman–Crippen LogP) is 3.38. The van der Waals surface area contributed by atoms with Crippen LogP contribution in [-0.2, 0) is 16.1 Å². The molecule has 0 saturated heterocycles. The molecule has 1 aromatic carbocycles. The summed E-state index contributed by atoms with van der Waals surface area (Å²) in [5.74, 6) is -0.0657. The number of rotatable bonds is 5. The van der Waals surface area contributed by atoms with E-state index < -0.39 is 5.60 Å². The van der Waals surface area contributed by atoms with Gasteiger partial charge in [0.25, 0.3) is 0 Å². The number of benzene rings is 1. The van der Waals surface area contributed by atoms with Gasteiger partial charge in [-0.25, -0.2) is 4.98 Å². The number of ether oxygens (including phenoxy) is 1. The Labute approximate surface area is 134 Å². The Kier molecular flexibility index (Phi) is 5.09. The van der Waals surface area contributed by atoms with Crippen LogP contribution in [0.5, 0.6) is 0 Å². The second-order valence-corrected chi connectivity index (χ2v) is 6.76. The highest BCUT2D eigenvalue weighted by Gasteiger charge is 2.18. The zero-order chi connectivity index (χ0) is 16.2. The topological polar surface area (TPSA) is 67.9 Å². The standard InChI is InChI=1S/C16H19N3O2S/c1-16(2,3)21-14(20)11-22-15-18-12-7-4-5-8-13(12)19(15)10-6-9-17/h4-5,7-8H,6,10-11H2,1-3H3. The van der Waals surface area contributed by atoms with Crippen LogP contribution < -0.4 is 0 Å². The highest BCUT2D eigenvalue weighted by Crippen LogP contribution is 2.25. The number of carbonyl (C=O) groups is 1. The van der Waals surface area contributed by atoms with Crippen molar-refractivity contribution in [3.05, 3.63) is 24.3 Å². The van der Waals surface area contributed by atoms with Crippen LogP contribution >= 0.6 is 11.8 Å². The molecule has 0 saturated carbocycles. The summed E-state index contributed by atoms with van der Waals surface area (Å²) >= 11 is 1.34. The van der Waals surface area contributed by atoms with Gasteiger partial charge in [0.2, 0.25) is 0 Å². The van der Waals surface area contributed by atoms with Crippen molar-refractivity contribution in [2.24, 2.45) is 0 Å². The van der Waals surface area contributed by atoms with E-state index in [1.807, 2.05) is 49.6 Å². The third-order valence-electron chi connectivity index (χ3n) is 2.81. The summed E-state index contributed by atoms with van der Waals surface area (Å²) in [4.78, 5) is 16.4. The summed E-state index contributed by atoms with van der Waals surface area (Å²) in [5, 5.41) is 9.55. The second-order valence-electron chi connectivity index (χ2n) is 5.82. The quantitative estimate of drug-likeness (QED) is 0.624. The minimum atomic E-state index is -0.488.